The zero-order chi connectivity index (χ0) is 20.1. The fourth-order valence-electron chi connectivity index (χ4n) is 2.85. The molecule has 8 heteroatoms. The lowest BCUT2D eigenvalue weighted by atomic mass is 10.2. The number of nitrogens with zero attached hydrogens (tertiary/aromatic N) is 1. The van der Waals surface area contributed by atoms with E-state index >= 15 is 0 Å². The molecule has 1 heterocycles. The molecule has 0 bridgehead atoms. The van der Waals surface area contributed by atoms with Crippen molar-refractivity contribution in [3.8, 4) is 17.2 Å². The number of carbonyl (C=O) groups is 1. The third-order valence-electron chi connectivity index (χ3n) is 4.21. The molecular weight excluding hydrogens is 362 g/mol. The average molecular weight is 383 g/mol. The summed E-state index contributed by atoms with van der Waals surface area (Å²) in [5.41, 5.74) is 1.87. The molecule has 0 saturated heterocycles. The predicted molar refractivity (Wildman–Crippen MR) is 105 cm³/mol. The number of amides is 1. The fourth-order valence-corrected chi connectivity index (χ4v) is 2.85. The van der Waals surface area contributed by atoms with Gasteiger partial charge in [0.05, 0.1) is 32.4 Å². The van der Waals surface area contributed by atoms with E-state index in [0.29, 0.717) is 39.7 Å². The van der Waals surface area contributed by atoms with Crippen LogP contribution in [0.15, 0.2) is 41.2 Å². The van der Waals surface area contributed by atoms with Crippen LogP contribution in [0, 0.1) is 0 Å². The quantitative estimate of drug-likeness (QED) is 0.650. The van der Waals surface area contributed by atoms with Crippen LogP contribution in [-0.4, -0.2) is 37.2 Å². The van der Waals surface area contributed by atoms with Crippen LogP contribution >= 0.6 is 0 Å². The van der Waals surface area contributed by atoms with E-state index in [4.69, 9.17) is 14.2 Å². The van der Waals surface area contributed by atoms with Crippen molar-refractivity contribution in [3.63, 3.8) is 0 Å². The maximum Gasteiger partial charge on any atom is 0.270 e. The molecule has 8 nitrogen and oxygen atoms in total. The highest BCUT2D eigenvalue weighted by Crippen LogP contribution is 2.39. The minimum absolute atomic E-state index is 0.102. The Morgan fingerprint density at radius 3 is 2.39 bits per heavy atom. The summed E-state index contributed by atoms with van der Waals surface area (Å²) >= 11 is 0. The normalized spacial score (nSPS) is 10.5. The standard InChI is InChI=1S/C20H21N3O5/c1-26-16-10-12(11-17(27-2)19(16)28-3)21-18(24)9-8-15-20(25)23-14-7-5-4-6-13(14)22-15/h4-7,10-11H,8-9H2,1-3H3,(H,21,24)(H,23,25). The Morgan fingerprint density at radius 1 is 1.07 bits per heavy atom. The Labute approximate surface area is 161 Å². The predicted octanol–water partition coefficient (Wildman–Crippen LogP) is 2.52. The Hall–Kier alpha value is -3.55. The van der Waals surface area contributed by atoms with E-state index in [1.807, 2.05) is 18.2 Å². The third-order valence-corrected chi connectivity index (χ3v) is 4.21. The van der Waals surface area contributed by atoms with Crippen molar-refractivity contribution in [2.45, 2.75) is 12.8 Å². The number of aromatic nitrogens is 2. The summed E-state index contributed by atoms with van der Waals surface area (Å²) in [4.78, 5) is 31.6. The molecule has 28 heavy (non-hydrogen) atoms. The molecule has 0 saturated carbocycles. The van der Waals surface area contributed by atoms with E-state index in [0.717, 1.165) is 0 Å². The minimum Gasteiger partial charge on any atom is -0.493 e. The lowest BCUT2D eigenvalue weighted by molar-refractivity contribution is -0.116. The van der Waals surface area contributed by atoms with Gasteiger partial charge in [0.2, 0.25) is 11.7 Å². The van der Waals surface area contributed by atoms with Gasteiger partial charge in [-0.3, -0.25) is 9.59 Å². The van der Waals surface area contributed by atoms with Gasteiger partial charge in [0, 0.05) is 30.7 Å². The zero-order valence-electron chi connectivity index (χ0n) is 15.9. The van der Waals surface area contributed by atoms with Crippen LogP contribution in [0.25, 0.3) is 11.0 Å². The molecule has 146 valence electrons. The van der Waals surface area contributed by atoms with Crippen molar-refractivity contribution in [3.05, 3.63) is 52.4 Å². The highest BCUT2D eigenvalue weighted by Gasteiger charge is 2.15. The molecule has 3 aromatic rings. The fraction of sp³-hybridized carbons (Fsp3) is 0.250. The number of H-pyrrole nitrogens is 1. The molecule has 0 aliphatic carbocycles. The van der Waals surface area contributed by atoms with Gasteiger partial charge < -0.3 is 24.5 Å². The number of para-hydroxylation sites is 2. The molecule has 2 aromatic carbocycles. The van der Waals surface area contributed by atoms with Crippen molar-refractivity contribution in [2.24, 2.45) is 0 Å². The van der Waals surface area contributed by atoms with Gasteiger partial charge in [0.25, 0.3) is 5.56 Å². The van der Waals surface area contributed by atoms with Crippen molar-refractivity contribution in [1.82, 2.24) is 9.97 Å². The average Bonchev–Trinajstić information content (AvgIpc) is 2.71. The van der Waals surface area contributed by atoms with Crippen molar-refractivity contribution in [2.75, 3.05) is 26.6 Å². The van der Waals surface area contributed by atoms with E-state index in [2.05, 4.69) is 15.3 Å². The smallest absolute Gasteiger partial charge is 0.270 e. The molecule has 2 N–H and O–H groups in total. The topological polar surface area (TPSA) is 103 Å². The van der Waals surface area contributed by atoms with Crippen LogP contribution in [-0.2, 0) is 11.2 Å². The van der Waals surface area contributed by atoms with Crippen molar-refractivity contribution < 1.29 is 19.0 Å². The minimum atomic E-state index is -0.292. The Bertz CT molecular complexity index is 1040. The molecule has 1 aromatic heterocycles. The largest absolute Gasteiger partial charge is 0.493 e. The maximum atomic E-state index is 12.4. The Balaban J connectivity index is 1.73. The van der Waals surface area contributed by atoms with Crippen LogP contribution in [0.3, 0.4) is 0 Å². The lowest BCUT2D eigenvalue weighted by Crippen LogP contribution is -2.19. The van der Waals surface area contributed by atoms with Crippen LogP contribution in [0.1, 0.15) is 12.1 Å². The number of hydrogen-bond donors (Lipinski definition) is 2. The number of aromatic amines is 1. The lowest BCUT2D eigenvalue weighted by Gasteiger charge is -2.14. The number of anilines is 1. The molecular formula is C20H21N3O5. The summed E-state index contributed by atoms with van der Waals surface area (Å²) in [6, 6.07) is 10.5. The van der Waals surface area contributed by atoms with Gasteiger partial charge in [0.1, 0.15) is 5.69 Å². The summed E-state index contributed by atoms with van der Waals surface area (Å²) in [7, 11) is 4.51. The van der Waals surface area contributed by atoms with E-state index in [1.165, 1.54) is 21.3 Å². The monoisotopic (exact) mass is 383 g/mol. The number of benzene rings is 2. The first kappa shape index (κ1) is 19.2. The van der Waals surface area contributed by atoms with E-state index in [-0.39, 0.29) is 24.3 Å². The Morgan fingerprint density at radius 2 is 1.75 bits per heavy atom. The summed E-state index contributed by atoms with van der Waals surface area (Å²) in [6.45, 7) is 0. The van der Waals surface area contributed by atoms with Crippen LogP contribution < -0.4 is 25.1 Å². The second kappa shape index (κ2) is 8.43. The molecule has 1 amide bonds. The maximum absolute atomic E-state index is 12.4. The molecule has 0 atom stereocenters. The van der Waals surface area contributed by atoms with E-state index in [9.17, 15) is 9.59 Å². The van der Waals surface area contributed by atoms with Crippen molar-refractivity contribution in [1.29, 1.82) is 0 Å². The van der Waals surface area contributed by atoms with Gasteiger partial charge in [-0.2, -0.15) is 0 Å². The summed E-state index contributed by atoms with van der Waals surface area (Å²) in [5, 5.41) is 2.78. The molecule has 0 aliphatic heterocycles. The van der Waals surface area contributed by atoms with Crippen LogP contribution in [0.2, 0.25) is 0 Å². The number of carbonyl (C=O) groups excluding carboxylic acids is 1. The molecule has 0 fully saturated rings. The van der Waals surface area contributed by atoms with Crippen LogP contribution in [0.4, 0.5) is 5.69 Å². The first-order chi connectivity index (χ1) is 13.5. The van der Waals surface area contributed by atoms with Gasteiger partial charge in [-0.1, -0.05) is 12.1 Å². The van der Waals surface area contributed by atoms with Gasteiger partial charge in [-0.25, -0.2) is 4.98 Å². The van der Waals surface area contributed by atoms with Gasteiger partial charge in [-0.05, 0) is 12.1 Å². The van der Waals surface area contributed by atoms with Crippen molar-refractivity contribution >= 4 is 22.6 Å². The Kier molecular flexibility index (Phi) is 5.78. The van der Waals surface area contributed by atoms with E-state index in [1.54, 1.807) is 18.2 Å². The number of methoxy groups -OCH3 is 3. The zero-order valence-corrected chi connectivity index (χ0v) is 15.9. The third kappa shape index (κ3) is 4.06. The number of aryl methyl sites for hydroxylation is 1. The molecule has 0 unspecified atom stereocenters. The SMILES string of the molecule is COc1cc(NC(=O)CCc2nc3ccccc3[nH]c2=O)cc(OC)c1OC. The summed E-state index contributed by atoms with van der Waals surface area (Å²) < 4.78 is 15.8. The summed E-state index contributed by atoms with van der Waals surface area (Å²) in [6.07, 6.45) is 0.321. The second-order valence-corrected chi connectivity index (χ2v) is 5.99. The highest BCUT2D eigenvalue weighted by atomic mass is 16.5. The van der Waals surface area contributed by atoms with Gasteiger partial charge in [0.15, 0.2) is 11.5 Å². The highest BCUT2D eigenvalue weighted by molar-refractivity contribution is 5.91. The number of fused-ring (bicyclic) bond motifs is 1. The molecule has 0 spiro atoms. The van der Waals surface area contributed by atoms with Gasteiger partial charge >= 0.3 is 0 Å². The number of nitrogens with one attached hydrogen (secondary N) is 2. The second-order valence-electron chi connectivity index (χ2n) is 5.99. The number of hydrogen-bond acceptors (Lipinski definition) is 6. The van der Waals surface area contributed by atoms with Crippen LogP contribution in [0.5, 0.6) is 17.2 Å². The molecule has 0 radical (unpaired) electrons. The molecule has 0 aliphatic rings. The first-order valence-corrected chi connectivity index (χ1v) is 8.63. The molecule has 3 rings (SSSR count). The number of ether oxygens (including phenoxy) is 3. The number of rotatable bonds is 7. The first-order valence-electron chi connectivity index (χ1n) is 8.63. The van der Waals surface area contributed by atoms with Gasteiger partial charge in [-0.15, -0.1) is 0 Å². The van der Waals surface area contributed by atoms with E-state index < -0.39 is 0 Å². The summed E-state index contributed by atoms with van der Waals surface area (Å²) in [5.74, 6) is 1.05.